The van der Waals surface area contributed by atoms with Crippen molar-refractivity contribution in [3.05, 3.63) is 35.2 Å². The minimum Gasteiger partial charge on any atom is -0.334 e. The molecule has 0 saturated heterocycles. The maximum Gasteiger partial charge on any atom is 0.258 e. The number of benzene rings is 1. The molecule has 6 nitrogen and oxygen atoms in total. The second kappa shape index (κ2) is 5.06. The van der Waals surface area contributed by atoms with Gasteiger partial charge in [0, 0.05) is 11.8 Å². The molecular formula is C13H13N3O3S. The van der Waals surface area contributed by atoms with Crippen LogP contribution in [0.2, 0.25) is 0 Å². The Morgan fingerprint density at radius 1 is 1.40 bits per heavy atom. The van der Waals surface area contributed by atoms with Gasteiger partial charge in [-0.15, -0.1) is 0 Å². The molecule has 1 aromatic carbocycles. The van der Waals surface area contributed by atoms with Gasteiger partial charge in [0.2, 0.25) is 0 Å². The second-order valence-electron chi connectivity index (χ2n) is 4.57. The van der Waals surface area contributed by atoms with Gasteiger partial charge in [0.1, 0.15) is 5.25 Å². The van der Waals surface area contributed by atoms with Crippen molar-refractivity contribution < 1.29 is 12.9 Å². The van der Waals surface area contributed by atoms with Gasteiger partial charge in [0.15, 0.2) is 15.7 Å². The molecule has 0 bridgehead atoms. The first-order chi connectivity index (χ1) is 9.32. The minimum absolute atomic E-state index is 0.131. The maximum absolute atomic E-state index is 11.5. The molecule has 0 aliphatic heterocycles. The van der Waals surface area contributed by atoms with Crippen molar-refractivity contribution in [1.82, 2.24) is 10.1 Å². The normalized spacial score (nSPS) is 12.9. The SMILES string of the molecule is Cc1cc(C#N)ccc1-c1nc(C(C)S(C)(=O)=O)no1. The number of hydrogen-bond acceptors (Lipinski definition) is 6. The Labute approximate surface area is 117 Å². The van der Waals surface area contributed by atoms with Crippen molar-refractivity contribution in [1.29, 1.82) is 5.26 Å². The summed E-state index contributed by atoms with van der Waals surface area (Å²) in [6.07, 6.45) is 1.13. The molecule has 1 heterocycles. The van der Waals surface area contributed by atoms with E-state index in [1.165, 1.54) is 6.92 Å². The highest BCUT2D eigenvalue weighted by atomic mass is 32.2. The molecule has 7 heteroatoms. The van der Waals surface area contributed by atoms with Crippen molar-refractivity contribution in [2.75, 3.05) is 6.26 Å². The molecule has 1 unspecified atom stereocenters. The van der Waals surface area contributed by atoms with E-state index < -0.39 is 15.1 Å². The number of nitriles is 1. The third-order valence-electron chi connectivity index (χ3n) is 3.03. The van der Waals surface area contributed by atoms with Crippen LogP contribution in [0.3, 0.4) is 0 Å². The highest BCUT2D eigenvalue weighted by Crippen LogP contribution is 2.25. The summed E-state index contributed by atoms with van der Waals surface area (Å²) in [6.45, 7) is 3.33. The Bertz CT molecular complexity index is 787. The summed E-state index contributed by atoms with van der Waals surface area (Å²) in [5.74, 6) is 0.378. The van der Waals surface area contributed by atoms with Crippen molar-refractivity contribution in [2.45, 2.75) is 19.1 Å². The van der Waals surface area contributed by atoms with E-state index in [0.717, 1.165) is 11.8 Å². The Morgan fingerprint density at radius 3 is 2.65 bits per heavy atom. The molecule has 0 spiro atoms. The fraction of sp³-hybridized carbons (Fsp3) is 0.308. The first kappa shape index (κ1) is 14.2. The molecule has 0 aliphatic carbocycles. The number of aryl methyl sites for hydroxylation is 1. The fourth-order valence-corrected chi connectivity index (χ4v) is 2.15. The average molecular weight is 291 g/mol. The number of aromatic nitrogens is 2. The van der Waals surface area contributed by atoms with Crippen molar-refractivity contribution >= 4 is 9.84 Å². The van der Waals surface area contributed by atoms with Crippen molar-refractivity contribution in [2.24, 2.45) is 0 Å². The van der Waals surface area contributed by atoms with E-state index in [2.05, 4.69) is 10.1 Å². The fourth-order valence-electron chi connectivity index (χ4n) is 1.67. The van der Waals surface area contributed by atoms with E-state index in [1.807, 2.05) is 13.0 Å². The third kappa shape index (κ3) is 2.70. The minimum atomic E-state index is -3.27. The molecule has 20 heavy (non-hydrogen) atoms. The topological polar surface area (TPSA) is 96.8 Å². The standard InChI is InChI=1S/C13H13N3O3S/c1-8-6-10(7-14)4-5-11(8)13-15-12(16-19-13)9(2)20(3,17)18/h4-6,9H,1-3H3. The van der Waals surface area contributed by atoms with Crippen LogP contribution in [0.4, 0.5) is 0 Å². The molecule has 2 aromatic rings. The number of nitrogens with zero attached hydrogens (tertiary/aromatic N) is 3. The first-order valence-corrected chi connectivity index (χ1v) is 7.82. The molecule has 0 radical (unpaired) electrons. The summed E-state index contributed by atoms with van der Waals surface area (Å²) < 4.78 is 28.1. The molecule has 0 saturated carbocycles. The number of rotatable bonds is 3. The van der Waals surface area contributed by atoms with Crippen LogP contribution < -0.4 is 0 Å². The second-order valence-corrected chi connectivity index (χ2v) is 6.94. The summed E-state index contributed by atoms with van der Waals surface area (Å²) in [5.41, 5.74) is 2.03. The Hall–Kier alpha value is -2.20. The summed E-state index contributed by atoms with van der Waals surface area (Å²) in [4.78, 5) is 4.12. The zero-order valence-corrected chi connectivity index (χ0v) is 12.1. The maximum atomic E-state index is 11.5. The molecule has 0 aliphatic rings. The van der Waals surface area contributed by atoms with Crippen LogP contribution in [0.1, 0.15) is 29.1 Å². The third-order valence-corrected chi connectivity index (χ3v) is 4.53. The van der Waals surface area contributed by atoms with Gasteiger partial charge < -0.3 is 4.52 Å². The summed E-state index contributed by atoms with van der Waals surface area (Å²) in [6, 6.07) is 7.10. The van der Waals surface area contributed by atoms with Crippen LogP contribution in [0.25, 0.3) is 11.5 Å². The van der Waals surface area contributed by atoms with E-state index in [-0.39, 0.29) is 11.7 Å². The largest absolute Gasteiger partial charge is 0.334 e. The smallest absolute Gasteiger partial charge is 0.258 e. The predicted octanol–water partition coefficient (Wildman–Crippen LogP) is 2.02. The van der Waals surface area contributed by atoms with Gasteiger partial charge in [-0.3, -0.25) is 0 Å². The van der Waals surface area contributed by atoms with Crippen LogP contribution in [0, 0.1) is 18.3 Å². The average Bonchev–Trinajstić information content (AvgIpc) is 2.85. The lowest BCUT2D eigenvalue weighted by atomic mass is 10.1. The highest BCUT2D eigenvalue weighted by molar-refractivity contribution is 7.90. The Morgan fingerprint density at radius 2 is 2.10 bits per heavy atom. The molecule has 0 N–H and O–H groups in total. The first-order valence-electron chi connectivity index (χ1n) is 5.86. The molecular weight excluding hydrogens is 278 g/mol. The highest BCUT2D eigenvalue weighted by Gasteiger charge is 2.23. The Kier molecular flexibility index (Phi) is 3.59. The molecule has 0 fully saturated rings. The van der Waals surface area contributed by atoms with E-state index in [0.29, 0.717) is 11.1 Å². The van der Waals surface area contributed by atoms with E-state index >= 15 is 0 Å². The Balaban J connectivity index is 2.42. The number of sulfone groups is 1. The van der Waals surface area contributed by atoms with Gasteiger partial charge in [-0.1, -0.05) is 5.16 Å². The van der Waals surface area contributed by atoms with Crippen LogP contribution >= 0.6 is 0 Å². The van der Waals surface area contributed by atoms with E-state index in [4.69, 9.17) is 9.78 Å². The summed E-state index contributed by atoms with van der Waals surface area (Å²) in [7, 11) is -3.27. The molecule has 104 valence electrons. The summed E-state index contributed by atoms with van der Waals surface area (Å²) >= 11 is 0. The number of hydrogen-bond donors (Lipinski definition) is 0. The zero-order valence-electron chi connectivity index (χ0n) is 11.3. The molecule has 1 atom stereocenters. The summed E-state index contributed by atoms with van der Waals surface area (Å²) in [5, 5.41) is 11.7. The van der Waals surface area contributed by atoms with Crippen LogP contribution in [0.15, 0.2) is 22.7 Å². The monoisotopic (exact) mass is 291 g/mol. The van der Waals surface area contributed by atoms with Gasteiger partial charge in [0.25, 0.3) is 5.89 Å². The lowest BCUT2D eigenvalue weighted by molar-refractivity contribution is 0.421. The van der Waals surface area contributed by atoms with Gasteiger partial charge in [-0.2, -0.15) is 10.2 Å². The van der Waals surface area contributed by atoms with Gasteiger partial charge in [-0.25, -0.2) is 8.42 Å². The van der Waals surface area contributed by atoms with Crippen LogP contribution in [-0.4, -0.2) is 24.8 Å². The van der Waals surface area contributed by atoms with Gasteiger partial charge in [-0.05, 0) is 37.6 Å². The van der Waals surface area contributed by atoms with Crippen LogP contribution in [0.5, 0.6) is 0 Å². The van der Waals surface area contributed by atoms with Gasteiger partial charge in [0.05, 0.1) is 11.6 Å². The molecule has 2 rings (SSSR count). The van der Waals surface area contributed by atoms with Crippen molar-refractivity contribution in [3.8, 4) is 17.5 Å². The van der Waals surface area contributed by atoms with Crippen molar-refractivity contribution in [3.63, 3.8) is 0 Å². The molecule has 0 amide bonds. The lowest BCUT2D eigenvalue weighted by Gasteiger charge is -2.02. The lowest BCUT2D eigenvalue weighted by Crippen LogP contribution is -2.09. The van der Waals surface area contributed by atoms with Crippen LogP contribution in [-0.2, 0) is 9.84 Å². The van der Waals surface area contributed by atoms with E-state index in [1.54, 1.807) is 18.2 Å². The van der Waals surface area contributed by atoms with E-state index in [9.17, 15) is 8.42 Å². The quantitative estimate of drug-likeness (QED) is 0.858. The zero-order chi connectivity index (χ0) is 14.9. The molecule has 1 aromatic heterocycles. The van der Waals surface area contributed by atoms with Gasteiger partial charge >= 0.3 is 0 Å². The predicted molar refractivity (Wildman–Crippen MR) is 72.4 cm³/mol.